The molecule has 4 nitrogen and oxygen atoms in total. The first-order valence-electron chi connectivity index (χ1n) is 11.7. The number of carboxylic acids is 1. The normalized spacial score (nSPS) is 51.7. The lowest BCUT2D eigenvalue weighted by molar-refractivity contribution is -0.174. The Morgan fingerprint density at radius 2 is 1.68 bits per heavy atom. The Labute approximate surface area is 170 Å². The van der Waals surface area contributed by atoms with Gasteiger partial charge in [0.1, 0.15) is 0 Å². The molecule has 28 heavy (non-hydrogen) atoms. The van der Waals surface area contributed by atoms with E-state index >= 15 is 0 Å². The minimum Gasteiger partial charge on any atom is -0.481 e. The molecule has 4 saturated carbocycles. The molecule has 0 bridgehead atoms. The molecule has 3 N–H and O–H groups in total. The third-order valence-corrected chi connectivity index (χ3v) is 10.2. The number of hydrogen-bond acceptors (Lipinski definition) is 3. The summed E-state index contributed by atoms with van der Waals surface area (Å²) >= 11 is 0. The predicted octanol–water partition coefficient (Wildman–Crippen LogP) is 4.48. The van der Waals surface area contributed by atoms with Gasteiger partial charge in [0.25, 0.3) is 0 Å². The van der Waals surface area contributed by atoms with Crippen molar-refractivity contribution in [1.82, 2.24) is 0 Å². The van der Waals surface area contributed by atoms with Gasteiger partial charge in [0.15, 0.2) is 0 Å². The Balaban J connectivity index is 1.55. The molecule has 0 aliphatic heterocycles. The Kier molecular flexibility index (Phi) is 5.36. The fourth-order valence-corrected chi connectivity index (χ4v) is 8.73. The van der Waals surface area contributed by atoms with Gasteiger partial charge in [0, 0.05) is 6.42 Å². The van der Waals surface area contributed by atoms with Crippen LogP contribution in [0.3, 0.4) is 0 Å². The highest BCUT2D eigenvalue weighted by Gasteiger charge is 2.62. The van der Waals surface area contributed by atoms with Crippen molar-refractivity contribution in [3.8, 4) is 0 Å². The highest BCUT2D eigenvalue weighted by Crippen LogP contribution is 2.68. The van der Waals surface area contributed by atoms with E-state index in [9.17, 15) is 15.0 Å². The Hall–Kier alpha value is -0.610. The van der Waals surface area contributed by atoms with Crippen molar-refractivity contribution in [3.05, 3.63) is 0 Å². The van der Waals surface area contributed by atoms with Crippen LogP contribution in [-0.2, 0) is 4.79 Å². The summed E-state index contributed by atoms with van der Waals surface area (Å²) in [5.74, 6) is 2.36. The molecule has 0 amide bonds. The maximum Gasteiger partial charge on any atom is 0.303 e. The molecule has 0 aromatic carbocycles. The minimum absolute atomic E-state index is 0.179. The van der Waals surface area contributed by atoms with Crippen molar-refractivity contribution in [1.29, 1.82) is 0 Å². The second-order valence-electron chi connectivity index (χ2n) is 11.4. The molecule has 0 aromatic rings. The predicted molar refractivity (Wildman–Crippen MR) is 109 cm³/mol. The number of carboxylic acid groups (broad SMARTS) is 1. The molecule has 4 aliphatic rings. The van der Waals surface area contributed by atoms with Gasteiger partial charge >= 0.3 is 5.97 Å². The zero-order valence-electron chi connectivity index (χ0n) is 17.9. The molecule has 4 aliphatic carbocycles. The molecule has 0 spiro atoms. The lowest BCUT2D eigenvalue weighted by Gasteiger charge is -2.62. The highest BCUT2D eigenvalue weighted by molar-refractivity contribution is 5.66. The largest absolute Gasteiger partial charge is 0.481 e. The van der Waals surface area contributed by atoms with Crippen LogP contribution in [0.5, 0.6) is 0 Å². The van der Waals surface area contributed by atoms with Gasteiger partial charge in [-0.2, -0.15) is 0 Å². The average molecular weight is 393 g/mol. The molecular weight excluding hydrogens is 352 g/mol. The summed E-state index contributed by atoms with van der Waals surface area (Å²) in [6, 6.07) is 0. The monoisotopic (exact) mass is 392 g/mol. The van der Waals surface area contributed by atoms with Gasteiger partial charge in [-0.15, -0.1) is 0 Å². The second kappa shape index (κ2) is 7.27. The second-order valence-corrected chi connectivity index (χ2v) is 11.4. The van der Waals surface area contributed by atoms with Crippen molar-refractivity contribution >= 4 is 5.97 Å². The van der Waals surface area contributed by atoms with Crippen LogP contribution < -0.4 is 0 Å². The topological polar surface area (TPSA) is 77.8 Å². The summed E-state index contributed by atoms with van der Waals surface area (Å²) < 4.78 is 0. The van der Waals surface area contributed by atoms with Gasteiger partial charge in [-0.05, 0) is 104 Å². The van der Waals surface area contributed by atoms with Gasteiger partial charge in [0.05, 0.1) is 12.2 Å². The molecule has 160 valence electrons. The Bertz CT molecular complexity index is 605. The van der Waals surface area contributed by atoms with Gasteiger partial charge in [-0.3, -0.25) is 4.79 Å². The number of aliphatic hydroxyl groups excluding tert-OH is 2. The molecule has 0 radical (unpaired) electrons. The number of aliphatic carboxylic acids is 1. The summed E-state index contributed by atoms with van der Waals surface area (Å²) in [5.41, 5.74) is 0.523. The quantitative estimate of drug-likeness (QED) is 0.659. The van der Waals surface area contributed by atoms with E-state index in [1.165, 1.54) is 25.7 Å². The Morgan fingerprint density at radius 3 is 2.39 bits per heavy atom. The summed E-state index contributed by atoms with van der Waals surface area (Å²) in [6.45, 7) is 7.16. The van der Waals surface area contributed by atoms with Crippen LogP contribution in [0.4, 0.5) is 0 Å². The van der Waals surface area contributed by atoms with Crippen LogP contribution >= 0.6 is 0 Å². The molecule has 4 fully saturated rings. The van der Waals surface area contributed by atoms with E-state index < -0.39 is 5.97 Å². The molecule has 0 heterocycles. The molecule has 10 atom stereocenters. The van der Waals surface area contributed by atoms with Crippen molar-refractivity contribution in [3.63, 3.8) is 0 Å². The van der Waals surface area contributed by atoms with Crippen molar-refractivity contribution < 1.29 is 20.1 Å². The first-order valence-corrected chi connectivity index (χ1v) is 11.7. The van der Waals surface area contributed by atoms with Crippen molar-refractivity contribution in [2.75, 3.05) is 0 Å². The number of aliphatic hydroxyl groups is 2. The maximum absolute atomic E-state index is 11.2. The fraction of sp³-hybridized carbons (Fsp3) is 0.958. The van der Waals surface area contributed by atoms with Crippen LogP contribution in [0.25, 0.3) is 0 Å². The van der Waals surface area contributed by atoms with Gasteiger partial charge < -0.3 is 15.3 Å². The standard InChI is InChI=1S/C24H40O4/c1-14(4-7-21(27)28)17-5-6-18-22-19(9-11-24(17,18)3)23(2)10-8-16(25)12-15(23)13-20(22)26/h14-20,22,25-26H,4-13H2,1-3H3,(H,27,28)/t14-,15+,16+,17-,18?,19?,20?,22+,23+,24-/m1/s1. The van der Waals surface area contributed by atoms with E-state index in [1.807, 2.05) is 0 Å². The van der Waals surface area contributed by atoms with Crippen molar-refractivity contribution in [2.24, 2.45) is 46.3 Å². The Morgan fingerprint density at radius 1 is 1.00 bits per heavy atom. The molecular formula is C24H40O4. The summed E-state index contributed by atoms with van der Waals surface area (Å²) in [4.78, 5) is 11.1. The van der Waals surface area contributed by atoms with E-state index in [-0.39, 0.29) is 29.5 Å². The van der Waals surface area contributed by atoms with Crippen molar-refractivity contribution in [2.45, 2.75) is 97.2 Å². The van der Waals surface area contributed by atoms with Gasteiger partial charge in [-0.25, -0.2) is 0 Å². The molecule has 4 heteroatoms. The lowest BCUT2D eigenvalue weighted by Crippen LogP contribution is -2.58. The first-order chi connectivity index (χ1) is 13.2. The highest BCUT2D eigenvalue weighted by atomic mass is 16.4. The molecule has 4 rings (SSSR count). The zero-order valence-corrected chi connectivity index (χ0v) is 17.9. The van der Waals surface area contributed by atoms with Crippen LogP contribution in [-0.4, -0.2) is 33.5 Å². The zero-order chi connectivity index (χ0) is 20.3. The van der Waals surface area contributed by atoms with E-state index in [0.717, 1.165) is 32.1 Å². The van der Waals surface area contributed by atoms with Crippen LogP contribution in [0.1, 0.15) is 85.0 Å². The SMILES string of the molecule is C[C@H](CCC(=O)O)[C@H]1CCC2[C@@H]3C(O)C[C@@H]4C[C@@H](O)CC[C@]4(C)C3CC[C@@]21C. The van der Waals surface area contributed by atoms with Gasteiger partial charge in [-0.1, -0.05) is 20.8 Å². The van der Waals surface area contributed by atoms with Gasteiger partial charge in [0.2, 0.25) is 0 Å². The summed E-state index contributed by atoms with van der Waals surface area (Å²) in [5, 5.41) is 30.5. The first kappa shape index (κ1) is 20.7. The molecule has 0 saturated heterocycles. The van der Waals surface area contributed by atoms with E-state index in [4.69, 9.17) is 5.11 Å². The molecule has 3 unspecified atom stereocenters. The number of hydrogen-bond donors (Lipinski definition) is 3. The van der Waals surface area contributed by atoms with E-state index in [1.54, 1.807) is 0 Å². The summed E-state index contributed by atoms with van der Waals surface area (Å²) in [6.07, 6.45) is 9.19. The third-order valence-electron chi connectivity index (χ3n) is 10.2. The minimum atomic E-state index is -0.684. The van der Waals surface area contributed by atoms with E-state index in [0.29, 0.717) is 35.5 Å². The number of carbonyl (C=O) groups is 1. The number of fused-ring (bicyclic) bond motifs is 5. The average Bonchev–Trinajstić information content (AvgIpc) is 2.98. The van der Waals surface area contributed by atoms with Crippen LogP contribution in [0.15, 0.2) is 0 Å². The lowest BCUT2D eigenvalue weighted by atomic mass is 9.43. The smallest absolute Gasteiger partial charge is 0.303 e. The molecule has 0 aromatic heterocycles. The van der Waals surface area contributed by atoms with Crippen LogP contribution in [0, 0.1) is 46.3 Å². The third kappa shape index (κ3) is 3.14. The number of rotatable bonds is 4. The van der Waals surface area contributed by atoms with E-state index in [2.05, 4.69) is 20.8 Å². The maximum atomic E-state index is 11.2. The summed E-state index contributed by atoms with van der Waals surface area (Å²) in [7, 11) is 0. The van der Waals surface area contributed by atoms with Crippen LogP contribution in [0.2, 0.25) is 0 Å². The fourth-order valence-electron chi connectivity index (χ4n) is 8.73.